The molecule has 1 heterocycles. The van der Waals surface area contributed by atoms with Gasteiger partial charge < -0.3 is 10.5 Å². The Morgan fingerprint density at radius 1 is 1.44 bits per heavy atom. The summed E-state index contributed by atoms with van der Waals surface area (Å²) in [4.78, 5) is 11.7. The van der Waals surface area contributed by atoms with Gasteiger partial charge in [0, 0.05) is 18.8 Å². The third kappa shape index (κ3) is 2.95. The predicted octanol–water partition coefficient (Wildman–Crippen LogP) is 1.16. The van der Waals surface area contributed by atoms with E-state index in [4.69, 9.17) is 10.5 Å². The fourth-order valence-corrected chi connectivity index (χ4v) is 1.56. The molecule has 0 amide bonds. The predicted molar refractivity (Wildman–Crippen MR) is 66.4 cm³/mol. The van der Waals surface area contributed by atoms with Gasteiger partial charge in [0.25, 0.3) is 0 Å². The number of hydrogen-bond acceptors (Lipinski definition) is 4. The molecule has 0 radical (unpaired) electrons. The van der Waals surface area contributed by atoms with Crippen LogP contribution >= 0.6 is 0 Å². The SMILES string of the molecule is Cn1cc(C(N)C(=O)OCc2ccccc2)cn1. The molecular weight excluding hydrogens is 230 g/mol. The molecule has 1 unspecified atom stereocenters. The summed E-state index contributed by atoms with van der Waals surface area (Å²) in [5.41, 5.74) is 7.37. The van der Waals surface area contributed by atoms with Crippen molar-refractivity contribution >= 4 is 5.97 Å². The number of ether oxygens (including phenoxy) is 1. The number of benzene rings is 1. The summed E-state index contributed by atoms with van der Waals surface area (Å²) < 4.78 is 6.75. The van der Waals surface area contributed by atoms with Crippen LogP contribution in [0.3, 0.4) is 0 Å². The van der Waals surface area contributed by atoms with E-state index in [-0.39, 0.29) is 6.61 Å². The van der Waals surface area contributed by atoms with Gasteiger partial charge in [-0.25, -0.2) is 4.79 Å². The topological polar surface area (TPSA) is 70.1 Å². The lowest BCUT2D eigenvalue weighted by molar-refractivity contribution is -0.146. The monoisotopic (exact) mass is 245 g/mol. The lowest BCUT2D eigenvalue weighted by Gasteiger charge is -2.09. The van der Waals surface area contributed by atoms with Crippen molar-refractivity contribution in [2.45, 2.75) is 12.6 Å². The van der Waals surface area contributed by atoms with Crippen LogP contribution in [0.4, 0.5) is 0 Å². The fraction of sp³-hybridized carbons (Fsp3) is 0.231. The highest BCUT2D eigenvalue weighted by atomic mass is 16.5. The van der Waals surface area contributed by atoms with Crippen LogP contribution < -0.4 is 5.73 Å². The molecule has 1 aromatic heterocycles. The first-order valence-electron chi connectivity index (χ1n) is 5.61. The Bertz CT molecular complexity index is 522. The zero-order chi connectivity index (χ0) is 13.0. The molecule has 2 N–H and O–H groups in total. The molecule has 1 atom stereocenters. The van der Waals surface area contributed by atoms with Crippen LogP contribution in [0.2, 0.25) is 0 Å². The highest BCUT2D eigenvalue weighted by molar-refractivity contribution is 5.77. The van der Waals surface area contributed by atoms with Crippen molar-refractivity contribution < 1.29 is 9.53 Å². The van der Waals surface area contributed by atoms with Crippen LogP contribution in [0.25, 0.3) is 0 Å². The molecule has 0 spiro atoms. The van der Waals surface area contributed by atoms with Crippen LogP contribution in [0.5, 0.6) is 0 Å². The molecule has 0 fully saturated rings. The van der Waals surface area contributed by atoms with Gasteiger partial charge in [-0.15, -0.1) is 0 Å². The zero-order valence-electron chi connectivity index (χ0n) is 10.1. The first-order chi connectivity index (χ1) is 8.66. The van der Waals surface area contributed by atoms with E-state index in [1.807, 2.05) is 30.3 Å². The van der Waals surface area contributed by atoms with E-state index in [1.165, 1.54) is 0 Å². The van der Waals surface area contributed by atoms with Crippen LogP contribution in [0, 0.1) is 0 Å². The van der Waals surface area contributed by atoms with Crippen molar-refractivity contribution in [3.8, 4) is 0 Å². The number of aromatic nitrogens is 2. The molecule has 18 heavy (non-hydrogen) atoms. The minimum Gasteiger partial charge on any atom is -0.459 e. The molecule has 2 aromatic rings. The molecule has 1 aromatic carbocycles. The smallest absolute Gasteiger partial charge is 0.328 e. The van der Waals surface area contributed by atoms with E-state index in [0.717, 1.165) is 5.56 Å². The highest BCUT2D eigenvalue weighted by Gasteiger charge is 2.18. The van der Waals surface area contributed by atoms with Gasteiger partial charge in [-0.1, -0.05) is 30.3 Å². The lowest BCUT2D eigenvalue weighted by Crippen LogP contribution is -2.23. The maximum atomic E-state index is 11.7. The number of nitrogens with zero attached hydrogens (tertiary/aromatic N) is 2. The molecule has 0 aliphatic rings. The van der Waals surface area contributed by atoms with Gasteiger partial charge in [0.05, 0.1) is 6.20 Å². The number of carbonyl (C=O) groups is 1. The molecule has 0 aliphatic carbocycles. The first-order valence-corrected chi connectivity index (χ1v) is 5.61. The van der Waals surface area contributed by atoms with E-state index in [1.54, 1.807) is 24.1 Å². The molecular formula is C13H15N3O2. The van der Waals surface area contributed by atoms with Crippen molar-refractivity contribution in [1.29, 1.82) is 0 Å². The summed E-state index contributed by atoms with van der Waals surface area (Å²) in [7, 11) is 1.77. The fourth-order valence-electron chi connectivity index (χ4n) is 1.56. The molecule has 0 saturated heterocycles. The summed E-state index contributed by atoms with van der Waals surface area (Å²) in [5, 5.41) is 3.97. The maximum absolute atomic E-state index is 11.7. The Labute approximate surface area is 105 Å². The van der Waals surface area contributed by atoms with Crippen LogP contribution in [0.15, 0.2) is 42.7 Å². The van der Waals surface area contributed by atoms with Gasteiger partial charge in [0.15, 0.2) is 0 Å². The molecule has 0 aliphatic heterocycles. The average molecular weight is 245 g/mol. The van der Waals surface area contributed by atoms with Crippen molar-refractivity contribution in [1.82, 2.24) is 9.78 Å². The molecule has 5 heteroatoms. The largest absolute Gasteiger partial charge is 0.459 e. The number of rotatable bonds is 4. The second kappa shape index (κ2) is 5.46. The van der Waals surface area contributed by atoms with Gasteiger partial charge in [0.2, 0.25) is 0 Å². The standard InChI is InChI=1S/C13H15N3O2/c1-16-8-11(7-15-16)12(14)13(17)18-9-10-5-3-2-4-6-10/h2-8,12H,9,14H2,1H3. The summed E-state index contributed by atoms with van der Waals surface area (Å²) in [6.45, 7) is 0.230. The van der Waals surface area contributed by atoms with Crippen molar-refractivity contribution in [2.24, 2.45) is 12.8 Å². The molecule has 0 bridgehead atoms. The summed E-state index contributed by atoms with van der Waals surface area (Å²) in [6, 6.07) is 8.69. The van der Waals surface area contributed by atoms with Crippen LogP contribution in [0.1, 0.15) is 17.2 Å². The third-order valence-electron chi connectivity index (χ3n) is 2.56. The summed E-state index contributed by atoms with van der Waals surface area (Å²) in [6.07, 6.45) is 3.27. The Balaban J connectivity index is 1.92. The molecule has 5 nitrogen and oxygen atoms in total. The Hall–Kier alpha value is -2.14. The van der Waals surface area contributed by atoms with E-state index in [0.29, 0.717) is 5.56 Å². The van der Waals surface area contributed by atoms with Gasteiger partial charge in [0.1, 0.15) is 12.6 Å². The van der Waals surface area contributed by atoms with Crippen molar-refractivity contribution in [2.75, 3.05) is 0 Å². The summed E-state index contributed by atoms with van der Waals surface area (Å²) in [5.74, 6) is -0.452. The number of nitrogens with two attached hydrogens (primary N) is 1. The van der Waals surface area contributed by atoms with Gasteiger partial charge in [-0.3, -0.25) is 4.68 Å². The van der Waals surface area contributed by atoms with Crippen LogP contribution in [-0.2, 0) is 23.2 Å². The van der Waals surface area contributed by atoms with Gasteiger partial charge >= 0.3 is 5.97 Å². The highest BCUT2D eigenvalue weighted by Crippen LogP contribution is 2.11. The number of hydrogen-bond donors (Lipinski definition) is 1. The lowest BCUT2D eigenvalue weighted by atomic mass is 10.2. The number of esters is 1. The van der Waals surface area contributed by atoms with Crippen molar-refractivity contribution in [3.05, 3.63) is 53.9 Å². The van der Waals surface area contributed by atoms with E-state index >= 15 is 0 Å². The number of aryl methyl sites for hydroxylation is 1. The van der Waals surface area contributed by atoms with Gasteiger partial charge in [-0.2, -0.15) is 5.10 Å². The maximum Gasteiger partial charge on any atom is 0.328 e. The number of carbonyl (C=O) groups excluding carboxylic acids is 1. The normalized spacial score (nSPS) is 12.1. The molecule has 94 valence electrons. The quantitative estimate of drug-likeness (QED) is 0.821. The second-order valence-electron chi connectivity index (χ2n) is 4.02. The van der Waals surface area contributed by atoms with E-state index in [9.17, 15) is 4.79 Å². The van der Waals surface area contributed by atoms with E-state index < -0.39 is 12.0 Å². The zero-order valence-corrected chi connectivity index (χ0v) is 10.1. The third-order valence-corrected chi connectivity index (χ3v) is 2.56. The Morgan fingerprint density at radius 3 is 2.78 bits per heavy atom. The molecule has 0 saturated carbocycles. The van der Waals surface area contributed by atoms with Crippen molar-refractivity contribution in [3.63, 3.8) is 0 Å². The van der Waals surface area contributed by atoms with E-state index in [2.05, 4.69) is 5.10 Å². The minimum absolute atomic E-state index is 0.230. The van der Waals surface area contributed by atoms with Gasteiger partial charge in [-0.05, 0) is 5.56 Å². The second-order valence-corrected chi connectivity index (χ2v) is 4.02. The summed E-state index contributed by atoms with van der Waals surface area (Å²) >= 11 is 0. The first kappa shape index (κ1) is 12.3. The Morgan fingerprint density at radius 2 is 2.17 bits per heavy atom. The molecule has 2 rings (SSSR count). The average Bonchev–Trinajstić information content (AvgIpc) is 2.83. The van der Waals surface area contributed by atoms with Crippen LogP contribution in [-0.4, -0.2) is 15.7 Å². The Kier molecular flexibility index (Phi) is 3.74. The minimum atomic E-state index is -0.789.